The molecule has 1 unspecified atom stereocenters. The fourth-order valence-corrected chi connectivity index (χ4v) is 3.54. The second-order valence-corrected chi connectivity index (χ2v) is 9.34. The van der Waals surface area contributed by atoms with Gasteiger partial charge in [-0.05, 0) is 30.5 Å². The van der Waals surface area contributed by atoms with Gasteiger partial charge < -0.3 is 16.0 Å². The third-order valence-corrected chi connectivity index (χ3v) is 5.88. The summed E-state index contributed by atoms with van der Waals surface area (Å²) in [5.41, 5.74) is 2.44. The van der Waals surface area contributed by atoms with E-state index in [1.54, 1.807) is 7.05 Å². The predicted octanol–water partition coefficient (Wildman–Crippen LogP) is 3.31. The molecule has 2 aromatic rings. The van der Waals surface area contributed by atoms with Gasteiger partial charge in [0, 0.05) is 39.0 Å². The van der Waals surface area contributed by atoms with Gasteiger partial charge in [0.05, 0.1) is 9.82 Å². The monoisotopic (exact) mass is 575 g/mol. The van der Waals surface area contributed by atoms with Crippen LogP contribution in [0.5, 0.6) is 0 Å². The third-order valence-electron chi connectivity index (χ3n) is 4.77. The van der Waals surface area contributed by atoms with Crippen LogP contribution in [0.1, 0.15) is 24.0 Å². The van der Waals surface area contributed by atoms with E-state index < -0.39 is 14.8 Å². The third kappa shape index (κ3) is 8.26. The highest BCUT2D eigenvalue weighted by Crippen LogP contribution is 2.27. The van der Waals surface area contributed by atoms with E-state index in [1.165, 1.54) is 23.3 Å². The van der Waals surface area contributed by atoms with Crippen molar-refractivity contribution >= 4 is 51.1 Å². The number of halogens is 1. The Bertz CT molecular complexity index is 1040. The number of sulfone groups is 1. The molecular weight excluding hydrogens is 545 g/mol. The van der Waals surface area contributed by atoms with Gasteiger partial charge in [0.1, 0.15) is 5.69 Å². The number of aliphatic imine (C=N–C) groups is 1. The number of benzene rings is 2. The zero-order valence-electron chi connectivity index (χ0n) is 18.6. The molecule has 0 bridgehead atoms. The summed E-state index contributed by atoms with van der Waals surface area (Å²) in [6, 6.07) is 12.2. The van der Waals surface area contributed by atoms with Gasteiger partial charge in [0.25, 0.3) is 5.69 Å². The zero-order chi connectivity index (χ0) is 23.0. The highest BCUT2D eigenvalue weighted by Gasteiger charge is 2.18. The molecule has 0 radical (unpaired) electrons. The molecule has 0 amide bonds. The summed E-state index contributed by atoms with van der Waals surface area (Å²) < 4.78 is 23.3. The van der Waals surface area contributed by atoms with E-state index >= 15 is 0 Å². The molecule has 0 saturated heterocycles. The van der Waals surface area contributed by atoms with Gasteiger partial charge in [-0.2, -0.15) is 0 Å². The Hall–Kier alpha value is -2.41. The summed E-state index contributed by atoms with van der Waals surface area (Å²) >= 11 is 0. The topological polar surface area (TPSA) is 126 Å². The second-order valence-electron chi connectivity index (χ2n) is 7.33. The highest BCUT2D eigenvalue weighted by molar-refractivity contribution is 14.0. The molecule has 32 heavy (non-hydrogen) atoms. The van der Waals surface area contributed by atoms with E-state index in [1.807, 2.05) is 0 Å². The lowest BCUT2D eigenvalue weighted by Gasteiger charge is -2.17. The first-order valence-electron chi connectivity index (χ1n) is 9.85. The number of guanidine groups is 1. The fraction of sp³-hybridized carbons (Fsp3) is 0.381. The van der Waals surface area contributed by atoms with Crippen LogP contribution in [0.2, 0.25) is 0 Å². The van der Waals surface area contributed by atoms with Crippen molar-refractivity contribution in [2.45, 2.75) is 24.7 Å². The molecular formula is C21H30IN5O4S. The van der Waals surface area contributed by atoms with Crippen molar-refractivity contribution in [2.24, 2.45) is 4.99 Å². The number of nitro groups is 1. The van der Waals surface area contributed by atoms with E-state index in [9.17, 15) is 18.5 Å². The maximum absolute atomic E-state index is 11.6. The SMILES string of the molecule is CN=C(NCCNc1ccc(S(C)(=O)=O)cc1[N+](=O)[O-])NCC(C)c1ccc(C)cc1.I. The first kappa shape index (κ1) is 27.6. The maximum Gasteiger partial charge on any atom is 0.293 e. The van der Waals surface area contributed by atoms with E-state index in [0.29, 0.717) is 31.5 Å². The standard InChI is InChI=1S/C21H29N5O4S.HI/c1-15-5-7-17(8-6-15)16(2)14-25-21(22-3)24-12-11-23-19-10-9-18(31(4,29)30)13-20(19)26(27)28;/h5-10,13,16,23H,11-12,14H2,1-4H3,(H2,22,24,25);1H. The van der Waals surface area contributed by atoms with Crippen molar-refractivity contribution in [1.82, 2.24) is 10.6 Å². The van der Waals surface area contributed by atoms with Crippen LogP contribution in [-0.4, -0.2) is 52.2 Å². The molecule has 176 valence electrons. The lowest BCUT2D eigenvalue weighted by molar-refractivity contribution is -0.384. The Morgan fingerprint density at radius 3 is 2.34 bits per heavy atom. The molecule has 9 nitrogen and oxygen atoms in total. The van der Waals surface area contributed by atoms with Gasteiger partial charge in [0.2, 0.25) is 0 Å². The molecule has 0 spiro atoms. The largest absolute Gasteiger partial charge is 0.378 e. The average molecular weight is 575 g/mol. The maximum atomic E-state index is 11.6. The minimum absolute atomic E-state index is 0. The van der Waals surface area contributed by atoms with Gasteiger partial charge in [-0.15, -0.1) is 24.0 Å². The van der Waals surface area contributed by atoms with Crippen molar-refractivity contribution in [3.63, 3.8) is 0 Å². The molecule has 0 aliphatic heterocycles. The van der Waals surface area contributed by atoms with Gasteiger partial charge in [-0.25, -0.2) is 8.42 Å². The van der Waals surface area contributed by atoms with Gasteiger partial charge in [-0.1, -0.05) is 36.8 Å². The Morgan fingerprint density at radius 1 is 1.12 bits per heavy atom. The van der Waals surface area contributed by atoms with Crippen LogP contribution in [0.4, 0.5) is 11.4 Å². The summed E-state index contributed by atoms with van der Waals surface area (Å²) in [4.78, 5) is 14.8. The summed E-state index contributed by atoms with van der Waals surface area (Å²) in [6.45, 7) is 5.73. The molecule has 2 rings (SSSR count). The van der Waals surface area contributed by atoms with Crippen LogP contribution in [-0.2, 0) is 9.84 Å². The number of anilines is 1. The fourth-order valence-electron chi connectivity index (χ4n) is 2.90. The smallest absolute Gasteiger partial charge is 0.293 e. The van der Waals surface area contributed by atoms with E-state index in [2.05, 4.69) is 59.1 Å². The van der Waals surface area contributed by atoms with Crippen molar-refractivity contribution in [3.05, 3.63) is 63.7 Å². The van der Waals surface area contributed by atoms with Gasteiger partial charge in [0.15, 0.2) is 15.8 Å². The van der Waals surface area contributed by atoms with Crippen LogP contribution in [0.15, 0.2) is 52.4 Å². The Morgan fingerprint density at radius 2 is 1.78 bits per heavy atom. The van der Waals surface area contributed by atoms with Crippen LogP contribution >= 0.6 is 24.0 Å². The lowest BCUT2D eigenvalue weighted by atomic mass is 10.0. The van der Waals surface area contributed by atoms with Crippen LogP contribution in [0.3, 0.4) is 0 Å². The Balaban J connectivity index is 0.00000512. The average Bonchev–Trinajstić information content (AvgIpc) is 2.72. The molecule has 0 fully saturated rings. The van der Waals surface area contributed by atoms with Crippen molar-refractivity contribution in [1.29, 1.82) is 0 Å². The van der Waals surface area contributed by atoms with Gasteiger partial charge >= 0.3 is 0 Å². The van der Waals surface area contributed by atoms with Crippen LogP contribution < -0.4 is 16.0 Å². The minimum Gasteiger partial charge on any atom is -0.378 e. The molecule has 1 atom stereocenters. The number of rotatable bonds is 9. The van der Waals surface area contributed by atoms with Crippen LogP contribution in [0.25, 0.3) is 0 Å². The number of nitrogens with zero attached hydrogens (tertiary/aromatic N) is 2. The summed E-state index contributed by atoms with van der Waals surface area (Å²) in [6.07, 6.45) is 1.02. The summed E-state index contributed by atoms with van der Waals surface area (Å²) in [5.74, 6) is 0.927. The van der Waals surface area contributed by atoms with Crippen molar-refractivity contribution in [2.75, 3.05) is 38.3 Å². The minimum atomic E-state index is -3.52. The number of hydrogen-bond acceptors (Lipinski definition) is 6. The Kier molecular flexibility index (Phi) is 10.9. The molecule has 11 heteroatoms. The second kappa shape index (κ2) is 12.6. The van der Waals surface area contributed by atoms with E-state index in [-0.39, 0.29) is 40.2 Å². The normalized spacial score (nSPS) is 12.4. The quantitative estimate of drug-likeness (QED) is 0.105. The molecule has 3 N–H and O–H groups in total. The predicted molar refractivity (Wildman–Crippen MR) is 139 cm³/mol. The zero-order valence-corrected chi connectivity index (χ0v) is 21.7. The van der Waals surface area contributed by atoms with Crippen LogP contribution in [0, 0.1) is 17.0 Å². The Labute approximate surface area is 206 Å². The van der Waals surface area contributed by atoms with E-state index in [0.717, 1.165) is 12.3 Å². The number of nitro benzene ring substituents is 1. The number of nitrogens with one attached hydrogen (secondary N) is 3. The van der Waals surface area contributed by atoms with Crippen molar-refractivity contribution in [3.8, 4) is 0 Å². The molecule has 2 aromatic carbocycles. The molecule has 0 aliphatic rings. The molecule has 0 aliphatic carbocycles. The molecule has 0 heterocycles. The van der Waals surface area contributed by atoms with Crippen molar-refractivity contribution < 1.29 is 13.3 Å². The molecule has 0 aromatic heterocycles. The number of aryl methyl sites for hydroxylation is 1. The number of hydrogen-bond donors (Lipinski definition) is 3. The summed E-state index contributed by atoms with van der Waals surface area (Å²) in [7, 11) is -1.85. The van der Waals surface area contributed by atoms with E-state index in [4.69, 9.17) is 0 Å². The highest BCUT2D eigenvalue weighted by atomic mass is 127. The molecule has 0 saturated carbocycles. The first-order chi connectivity index (χ1) is 14.6. The lowest BCUT2D eigenvalue weighted by Crippen LogP contribution is -2.41. The summed E-state index contributed by atoms with van der Waals surface area (Å²) in [5, 5.41) is 20.7. The first-order valence-corrected chi connectivity index (χ1v) is 11.7. The van der Waals surface area contributed by atoms with Gasteiger partial charge in [-0.3, -0.25) is 15.1 Å².